The van der Waals surface area contributed by atoms with E-state index in [0.29, 0.717) is 52.5 Å². The van der Waals surface area contributed by atoms with E-state index < -0.39 is 23.9 Å². The lowest BCUT2D eigenvalue weighted by Gasteiger charge is -2.24. The fourth-order valence-electron chi connectivity index (χ4n) is 3.52. The lowest BCUT2D eigenvalue weighted by Crippen LogP contribution is -2.43. The van der Waals surface area contributed by atoms with Crippen molar-refractivity contribution in [2.24, 2.45) is 0 Å². The minimum atomic E-state index is -0.981. The number of hydrogen-bond donors (Lipinski definition) is 3. The third-order valence-corrected chi connectivity index (χ3v) is 5.26. The van der Waals surface area contributed by atoms with Gasteiger partial charge in [-0.2, -0.15) is 0 Å². The molecule has 0 aromatic heterocycles. The van der Waals surface area contributed by atoms with Crippen molar-refractivity contribution in [1.82, 2.24) is 15.7 Å². The maximum Gasteiger partial charge on any atom is 0.267 e. The number of amides is 3. The first-order valence-corrected chi connectivity index (χ1v) is 12.6. The number of carbonyl (C=O) groups excluding carboxylic acids is 4. The summed E-state index contributed by atoms with van der Waals surface area (Å²) in [5, 5.41) is 11.2. The van der Waals surface area contributed by atoms with Gasteiger partial charge < -0.3 is 38.9 Å². The Labute approximate surface area is 226 Å². The van der Waals surface area contributed by atoms with Crippen LogP contribution in [0.2, 0.25) is 0 Å². The monoisotopic (exact) mass is 555 g/mol. The van der Waals surface area contributed by atoms with E-state index in [-0.39, 0.29) is 56.1 Å². The maximum atomic E-state index is 13.1. The fourth-order valence-corrected chi connectivity index (χ4v) is 3.52. The second-order valence-electron chi connectivity index (χ2n) is 7.99. The quantitative estimate of drug-likeness (QED) is 0.0672. The molecule has 14 heteroatoms. The third kappa shape index (κ3) is 11.0. The van der Waals surface area contributed by atoms with Gasteiger partial charge in [-0.1, -0.05) is 6.07 Å². The average Bonchev–Trinajstić information content (AvgIpc) is 3.20. The van der Waals surface area contributed by atoms with E-state index in [9.17, 15) is 19.2 Å². The van der Waals surface area contributed by atoms with E-state index >= 15 is 0 Å². The summed E-state index contributed by atoms with van der Waals surface area (Å²) in [5.74, 6) is -1.54. The number of nitrogens with one attached hydrogen (secondary N) is 2. The van der Waals surface area contributed by atoms with Gasteiger partial charge in [0.2, 0.25) is 0 Å². The van der Waals surface area contributed by atoms with Crippen LogP contribution in [-0.2, 0) is 33.4 Å². The molecule has 0 spiro atoms. The molecule has 1 unspecified atom stereocenters. The van der Waals surface area contributed by atoms with Crippen molar-refractivity contribution in [1.29, 1.82) is 0 Å². The van der Waals surface area contributed by atoms with Crippen LogP contribution in [0.3, 0.4) is 0 Å². The Morgan fingerprint density at radius 2 is 1.62 bits per heavy atom. The lowest BCUT2D eigenvalue weighted by molar-refractivity contribution is -0.123. The van der Waals surface area contributed by atoms with Crippen LogP contribution in [0.15, 0.2) is 18.2 Å². The molecule has 1 aliphatic rings. The zero-order valence-corrected chi connectivity index (χ0v) is 22.1. The SMILES string of the molecule is CNOC(CCC=O)N1C(=O)c2cccc(OCC(=O)NCCOCCOCCOCCOCCO)c2C1=O. The number of aliphatic hydroxyl groups excluding tert-OH is 1. The number of aliphatic hydroxyl groups is 1. The highest BCUT2D eigenvalue weighted by Crippen LogP contribution is 2.33. The van der Waals surface area contributed by atoms with Crippen LogP contribution in [0.25, 0.3) is 0 Å². The van der Waals surface area contributed by atoms with Gasteiger partial charge in [0.05, 0.1) is 70.6 Å². The molecule has 0 radical (unpaired) electrons. The molecule has 0 saturated heterocycles. The van der Waals surface area contributed by atoms with Gasteiger partial charge in [-0.25, -0.2) is 10.4 Å². The minimum Gasteiger partial charge on any atom is -0.483 e. The number of hydrogen-bond acceptors (Lipinski definition) is 12. The van der Waals surface area contributed by atoms with Gasteiger partial charge in [0.25, 0.3) is 17.7 Å². The third-order valence-electron chi connectivity index (χ3n) is 5.26. The number of fused-ring (bicyclic) bond motifs is 1. The van der Waals surface area contributed by atoms with Crippen molar-refractivity contribution in [3.8, 4) is 5.75 Å². The zero-order chi connectivity index (χ0) is 28.3. The van der Waals surface area contributed by atoms with Crippen molar-refractivity contribution in [2.45, 2.75) is 19.1 Å². The number of benzene rings is 1. The van der Waals surface area contributed by atoms with Crippen LogP contribution in [0.5, 0.6) is 5.75 Å². The molecule has 1 aromatic rings. The van der Waals surface area contributed by atoms with E-state index in [1.165, 1.54) is 19.2 Å². The molecule has 0 saturated carbocycles. The Morgan fingerprint density at radius 1 is 0.974 bits per heavy atom. The van der Waals surface area contributed by atoms with E-state index in [4.69, 9.17) is 33.6 Å². The first kappa shape index (κ1) is 32.2. The summed E-state index contributed by atoms with van der Waals surface area (Å²) in [5.41, 5.74) is 2.62. The summed E-state index contributed by atoms with van der Waals surface area (Å²) in [6, 6.07) is 4.54. The van der Waals surface area contributed by atoms with Crippen LogP contribution in [-0.4, -0.2) is 120 Å². The fraction of sp³-hybridized carbons (Fsp3) is 0.600. The standard InChI is InChI=1S/C25H37N3O11/c1-26-39-22(6-3-8-29)28-24(32)19-4-2-5-20(23(19)25(28)33)38-18-21(31)27-7-10-34-12-14-36-16-17-37-15-13-35-11-9-30/h2,4-5,8,22,26,30H,3,6-7,9-18H2,1H3,(H,27,31). The molecule has 14 nitrogen and oxygen atoms in total. The highest BCUT2D eigenvalue weighted by molar-refractivity contribution is 6.22. The Balaban J connectivity index is 1.66. The topological polar surface area (TPSA) is 171 Å². The smallest absolute Gasteiger partial charge is 0.267 e. The number of nitrogens with zero attached hydrogens (tertiary/aromatic N) is 1. The summed E-state index contributed by atoms with van der Waals surface area (Å²) in [6.07, 6.45) is -0.0856. The summed E-state index contributed by atoms with van der Waals surface area (Å²) in [7, 11) is 1.48. The molecule has 1 heterocycles. The van der Waals surface area contributed by atoms with Gasteiger partial charge >= 0.3 is 0 Å². The molecule has 3 amide bonds. The van der Waals surface area contributed by atoms with Crippen LogP contribution in [0.1, 0.15) is 33.6 Å². The number of hydroxylamine groups is 1. The summed E-state index contributed by atoms with van der Waals surface area (Å²) in [6.45, 7) is 2.83. The molecule has 2 rings (SSSR count). The van der Waals surface area contributed by atoms with Crippen molar-refractivity contribution in [2.75, 3.05) is 79.7 Å². The van der Waals surface area contributed by atoms with Crippen molar-refractivity contribution >= 4 is 24.0 Å². The van der Waals surface area contributed by atoms with E-state index in [1.54, 1.807) is 6.07 Å². The van der Waals surface area contributed by atoms with E-state index in [2.05, 4.69) is 10.8 Å². The molecule has 218 valence electrons. The Hall–Kier alpha value is -2.98. The van der Waals surface area contributed by atoms with Gasteiger partial charge in [0.1, 0.15) is 12.0 Å². The van der Waals surface area contributed by atoms with Crippen molar-refractivity contribution in [3.63, 3.8) is 0 Å². The molecule has 1 aromatic carbocycles. The summed E-state index contributed by atoms with van der Waals surface area (Å²) >= 11 is 0. The number of rotatable bonds is 23. The van der Waals surface area contributed by atoms with Crippen LogP contribution < -0.4 is 15.5 Å². The number of ether oxygens (including phenoxy) is 5. The Morgan fingerprint density at radius 3 is 2.23 bits per heavy atom. The first-order valence-electron chi connectivity index (χ1n) is 12.6. The van der Waals surface area contributed by atoms with Crippen LogP contribution in [0, 0.1) is 0 Å². The normalized spacial score (nSPS) is 13.4. The van der Waals surface area contributed by atoms with Gasteiger partial charge in [-0.15, -0.1) is 0 Å². The van der Waals surface area contributed by atoms with Gasteiger partial charge in [0.15, 0.2) is 12.8 Å². The van der Waals surface area contributed by atoms with E-state index in [0.717, 1.165) is 4.90 Å². The molecule has 1 aliphatic heterocycles. The molecule has 0 fully saturated rings. The molecular weight excluding hydrogens is 518 g/mol. The molecule has 0 bridgehead atoms. The maximum absolute atomic E-state index is 13.1. The van der Waals surface area contributed by atoms with E-state index in [1.807, 2.05) is 0 Å². The second-order valence-corrected chi connectivity index (χ2v) is 7.99. The summed E-state index contributed by atoms with van der Waals surface area (Å²) < 4.78 is 26.7. The van der Waals surface area contributed by atoms with Gasteiger partial charge in [0, 0.05) is 26.4 Å². The summed E-state index contributed by atoms with van der Waals surface area (Å²) in [4.78, 5) is 55.1. The largest absolute Gasteiger partial charge is 0.483 e. The number of aldehydes is 1. The Kier molecular flexibility index (Phi) is 15.8. The van der Waals surface area contributed by atoms with Gasteiger partial charge in [-0.3, -0.25) is 19.2 Å². The molecule has 1 atom stereocenters. The number of imide groups is 1. The van der Waals surface area contributed by atoms with Gasteiger partial charge in [-0.05, 0) is 12.1 Å². The predicted molar refractivity (Wildman–Crippen MR) is 135 cm³/mol. The second kappa shape index (κ2) is 19.1. The lowest BCUT2D eigenvalue weighted by atomic mass is 10.1. The predicted octanol–water partition coefficient (Wildman–Crippen LogP) is -0.707. The van der Waals surface area contributed by atoms with Crippen LogP contribution in [0.4, 0.5) is 0 Å². The minimum absolute atomic E-state index is 0.0136. The average molecular weight is 556 g/mol. The molecule has 39 heavy (non-hydrogen) atoms. The van der Waals surface area contributed by atoms with Crippen LogP contribution >= 0.6 is 0 Å². The first-order chi connectivity index (χ1) is 19.0. The zero-order valence-electron chi connectivity index (χ0n) is 22.1. The Bertz CT molecular complexity index is 915. The van der Waals surface area contributed by atoms with Crippen molar-refractivity contribution in [3.05, 3.63) is 29.3 Å². The number of carbonyl (C=O) groups is 4. The molecule has 3 N–H and O–H groups in total. The highest BCUT2D eigenvalue weighted by atomic mass is 16.7. The molecular formula is C25H37N3O11. The molecule has 0 aliphatic carbocycles. The van der Waals surface area contributed by atoms with Crippen molar-refractivity contribution < 1.29 is 52.8 Å². The highest BCUT2D eigenvalue weighted by Gasteiger charge is 2.42.